The monoisotopic (exact) mass is 485 g/mol. The number of benzene rings is 1. The van der Waals surface area contributed by atoms with Crippen molar-refractivity contribution in [2.75, 3.05) is 26.3 Å². The Kier molecular flexibility index (Phi) is 10.2. The SMILES string of the molecule is O=C(O)CCC/C=C/CC1C(OCc2ccc(C3CCCCC3)cc2)CC(O)C1N1CCOCC1. The van der Waals surface area contributed by atoms with Gasteiger partial charge in [-0.3, -0.25) is 9.69 Å². The van der Waals surface area contributed by atoms with E-state index in [4.69, 9.17) is 14.6 Å². The molecule has 2 aliphatic carbocycles. The third-order valence-electron chi connectivity index (χ3n) is 8.11. The van der Waals surface area contributed by atoms with E-state index >= 15 is 0 Å². The zero-order valence-electron chi connectivity index (χ0n) is 21.0. The molecule has 6 nitrogen and oxygen atoms in total. The van der Waals surface area contributed by atoms with E-state index in [-0.39, 0.29) is 24.5 Å². The van der Waals surface area contributed by atoms with Crippen LogP contribution in [0.25, 0.3) is 0 Å². The maximum Gasteiger partial charge on any atom is 0.303 e. The summed E-state index contributed by atoms with van der Waals surface area (Å²) in [5.41, 5.74) is 2.65. The molecule has 2 N–H and O–H groups in total. The van der Waals surface area contributed by atoms with Gasteiger partial charge in [0.1, 0.15) is 0 Å². The van der Waals surface area contributed by atoms with Crippen molar-refractivity contribution in [2.24, 2.45) is 5.92 Å². The van der Waals surface area contributed by atoms with Crippen LogP contribution in [0, 0.1) is 5.92 Å². The normalized spacial score (nSPS) is 28.6. The van der Waals surface area contributed by atoms with E-state index in [1.165, 1.54) is 43.2 Å². The van der Waals surface area contributed by atoms with E-state index in [9.17, 15) is 9.90 Å². The fraction of sp³-hybridized carbons (Fsp3) is 0.690. The molecule has 4 unspecified atom stereocenters. The number of carbonyl (C=O) groups is 1. The molecule has 1 aromatic carbocycles. The number of ether oxygens (including phenoxy) is 2. The van der Waals surface area contributed by atoms with Gasteiger partial charge in [-0.25, -0.2) is 0 Å². The number of carboxylic acid groups (broad SMARTS) is 1. The predicted octanol–water partition coefficient (Wildman–Crippen LogP) is 4.90. The summed E-state index contributed by atoms with van der Waals surface area (Å²) in [6.07, 6.45) is 13.6. The molecule has 0 aromatic heterocycles. The number of morpholine rings is 1. The van der Waals surface area contributed by atoms with Gasteiger partial charge >= 0.3 is 5.97 Å². The topological polar surface area (TPSA) is 79.2 Å². The summed E-state index contributed by atoms with van der Waals surface area (Å²) in [4.78, 5) is 13.1. The highest BCUT2D eigenvalue weighted by Gasteiger charge is 2.45. The molecule has 194 valence electrons. The minimum Gasteiger partial charge on any atom is -0.481 e. The van der Waals surface area contributed by atoms with Crippen LogP contribution in [-0.4, -0.2) is 65.6 Å². The van der Waals surface area contributed by atoms with Gasteiger partial charge in [0.15, 0.2) is 0 Å². The molecule has 0 bridgehead atoms. The Labute approximate surface area is 210 Å². The fourth-order valence-electron chi connectivity index (χ4n) is 6.20. The van der Waals surface area contributed by atoms with Gasteiger partial charge in [-0.2, -0.15) is 0 Å². The van der Waals surface area contributed by atoms with Crippen LogP contribution in [0.4, 0.5) is 0 Å². The summed E-state index contributed by atoms with van der Waals surface area (Å²) in [6.45, 7) is 3.67. The smallest absolute Gasteiger partial charge is 0.303 e. The van der Waals surface area contributed by atoms with Crippen LogP contribution in [0.3, 0.4) is 0 Å². The number of aliphatic hydroxyl groups excluding tert-OH is 1. The van der Waals surface area contributed by atoms with Crippen LogP contribution in [0.5, 0.6) is 0 Å². The molecule has 0 spiro atoms. The van der Waals surface area contributed by atoms with Crippen molar-refractivity contribution in [2.45, 2.75) is 95.0 Å². The molecule has 0 amide bonds. The predicted molar refractivity (Wildman–Crippen MR) is 136 cm³/mol. The van der Waals surface area contributed by atoms with Crippen molar-refractivity contribution < 1.29 is 24.5 Å². The van der Waals surface area contributed by atoms with E-state index in [0.29, 0.717) is 38.6 Å². The van der Waals surface area contributed by atoms with Gasteiger partial charge in [0.25, 0.3) is 0 Å². The first-order valence-electron chi connectivity index (χ1n) is 13.7. The molecular formula is C29H43NO5. The van der Waals surface area contributed by atoms with E-state index in [1.807, 2.05) is 0 Å². The summed E-state index contributed by atoms with van der Waals surface area (Å²) >= 11 is 0. The molecule has 3 fully saturated rings. The summed E-state index contributed by atoms with van der Waals surface area (Å²) in [6, 6.07) is 9.07. The molecule has 3 aliphatic rings. The number of hydrogen-bond donors (Lipinski definition) is 2. The lowest BCUT2D eigenvalue weighted by Crippen LogP contribution is -2.50. The number of carboxylic acids is 1. The number of rotatable bonds is 11. The average Bonchev–Trinajstić information content (AvgIpc) is 3.20. The van der Waals surface area contributed by atoms with Crippen LogP contribution >= 0.6 is 0 Å². The summed E-state index contributed by atoms with van der Waals surface area (Å²) in [5, 5.41) is 19.8. The van der Waals surface area contributed by atoms with Crippen molar-refractivity contribution in [3.8, 4) is 0 Å². The van der Waals surface area contributed by atoms with Crippen molar-refractivity contribution in [1.82, 2.24) is 4.90 Å². The first-order chi connectivity index (χ1) is 17.1. The van der Waals surface area contributed by atoms with Crippen LogP contribution < -0.4 is 0 Å². The van der Waals surface area contributed by atoms with E-state index in [2.05, 4.69) is 41.3 Å². The Balaban J connectivity index is 1.35. The zero-order valence-corrected chi connectivity index (χ0v) is 21.0. The van der Waals surface area contributed by atoms with E-state index < -0.39 is 12.1 Å². The Morgan fingerprint density at radius 1 is 1.09 bits per heavy atom. The van der Waals surface area contributed by atoms with Crippen molar-refractivity contribution in [3.63, 3.8) is 0 Å². The molecule has 0 radical (unpaired) electrons. The molecule has 6 heteroatoms. The number of allylic oxidation sites excluding steroid dienone is 2. The molecule has 4 rings (SSSR count). The Bertz CT molecular complexity index is 798. The number of hydrogen-bond acceptors (Lipinski definition) is 5. The third kappa shape index (κ3) is 7.63. The highest BCUT2D eigenvalue weighted by molar-refractivity contribution is 5.66. The fourth-order valence-corrected chi connectivity index (χ4v) is 6.20. The van der Waals surface area contributed by atoms with Crippen LogP contribution in [0.15, 0.2) is 36.4 Å². The van der Waals surface area contributed by atoms with Gasteiger partial charge in [0.2, 0.25) is 0 Å². The Morgan fingerprint density at radius 2 is 1.83 bits per heavy atom. The van der Waals surface area contributed by atoms with Crippen LogP contribution in [-0.2, 0) is 20.9 Å². The van der Waals surface area contributed by atoms with Gasteiger partial charge in [-0.1, -0.05) is 55.7 Å². The summed E-state index contributed by atoms with van der Waals surface area (Å²) in [5.74, 6) is 0.176. The lowest BCUT2D eigenvalue weighted by Gasteiger charge is -2.37. The molecule has 1 aliphatic heterocycles. The number of nitrogens with zero attached hydrogens (tertiary/aromatic N) is 1. The molecule has 1 aromatic rings. The molecule has 1 heterocycles. The number of unbranched alkanes of at least 4 members (excludes halogenated alkanes) is 1. The van der Waals surface area contributed by atoms with Crippen LogP contribution in [0.2, 0.25) is 0 Å². The lowest BCUT2D eigenvalue weighted by atomic mass is 9.84. The third-order valence-corrected chi connectivity index (χ3v) is 8.11. The molecule has 35 heavy (non-hydrogen) atoms. The second-order valence-electron chi connectivity index (χ2n) is 10.5. The quantitative estimate of drug-likeness (QED) is 0.343. The average molecular weight is 486 g/mol. The number of aliphatic carboxylic acids is 1. The second kappa shape index (κ2) is 13.5. The molecular weight excluding hydrogens is 442 g/mol. The van der Waals surface area contributed by atoms with Crippen LogP contribution in [0.1, 0.15) is 81.3 Å². The summed E-state index contributed by atoms with van der Waals surface area (Å²) < 4.78 is 12.0. The highest BCUT2D eigenvalue weighted by Crippen LogP contribution is 2.37. The first-order valence-corrected chi connectivity index (χ1v) is 13.7. The van der Waals surface area contributed by atoms with Gasteiger partial charge < -0.3 is 19.7 Å². The Hall–Kier alpha value is -1.73. The maximum absolute atomic E-state index is 11.0. The zero-order chi connectivity index (χ0) is 24.5. The summed E-state index contributed by atoms with van der Waals surface area (Å²) in [7, 11) is 0. The van der Waals surface area contributed by atoms with Crippen molar-refractivity contribution >= 4 is 5.97 Å². The number of aliphatic hydroxyl groups is 1. The van der Waals surface area contributed by atoms with Gasteiger partial charge in [-0.05, 0) is 49.1 Å². The highest BCUT2D eigenvalue weighted by atomic mass is 16.5. The van der Waals surface area contributed by atoms with Gasteiger partial charge in [-0.15, -0.1) is 0 Å². The standard InChI is InChI=1S/C29H43NO5/c31-26-20-27(35-21-22-12-14-24(15-13-22)23-8-4-3-5-9-23)25(10-6-1-2-7-11-28(32)33)29(26)30-16-18-34-19-17-30/h1,6,12-15,23,25-27,29,31H,2-5,7-11,16-21H2,(H,32,33)/b6-1+. The van der Waals surface area contributed by atoms with E-state index in [0.717, 1.165) is 25.9 Å². The Morgan fingerprint density at radius 3 is 2.54 bits per heavy atom. The minimum absolute atomic E-state index is 0.000430. The lowest BCUT2D eigenvalue weighted by molar-refractivity contribution is -0.137. The molecule has 1 saturated heterocycles. The van der Waals surface area contributed by atoms with E-state index in [1.54, 1.807) is 0 Å². The maximum atomic E-state index is 11.0. The largest absolute Gasteiger partial charge is 0.481 e. The van der Waals surface area contributed by atoms with Gasteiger partial charge in [0, 0.05) is 37.9 Å². The molecule has 4 atom stereocenters. The van der Waals surface area contributed by atoms with Gasteiger partial charge in [0.05, 0.1) is 32.0 Å². The second-order valence-corrected chi connectivity index (χ2v) is 10.5. The van der Waals surface area contributed by atoms with Crippen molar-refractivity contribution in [3.05, 3.63) is 47.5 Å². The first kappa shape index (κ1) is 26.3. The molecule has 2 saturated carbocycles. The van der Waals surface area contributed by atoms with Crippen molar-refractivity contribution in [1.29, 1.82) is 0 Å². The minimum atomic E-state index is -0.745.